The Morgan fingerprint density at radius 3 is 2.33 bits per heavy atom. The Labute approximate surface area is 125 Å². The molecule has 1 atom stereocenters. The Bertz CT molecular complexity index is 698. The number of benzene rings is 1. The molecule has 1 heterocycles. The molecule has 1 aromatic carbocycles. The summed E-state index contributed by atoms with van der Waals surface area (Å²) in [5.41, 5.74) is 2.08. The SMILES string of the molecule is CC[C@H](C)c1ccc(NS(=O)(=O)c2c(C)noc2C)cc1. The van der Waals surface area contributed by atoms with Gasteiger partial charge in [0.25, 0.3) is 10.0 Å². The highest BCUT2D eigenvalue weighted by Gasteiger charge is 2.24. The first-order valence-electron chi connectivity index (χ1n) is 6.90. The number of rotatable bonds is 5. The Balaban J connectivity index is 2.25. The molecule has 1 N–H and O–H groups in total. The second kappa shape index (κ2) is 5.89. The molecule has 0 aliphatic heterocycles. The summed E-state index contributed by atoms with van der Waals surface area (Å²) < 4.78 is 32.2. The molecule has 0 spiro atoms. The molecule has 21 heavy (non-hydrogen) atoms. The van der Waals surface area contributed by atoms with E-state index in [0.29, 0.717) is 17.3 Å². The van der Waals surface area contributed by atoms with E-state index in [9.17, 15) is 8.42 Å². The van der Waals surface area contributed by atoms with E-state index in [0.717, 1.165) is 6.42 Å². The average Bonchev–Trinajstić information content (AvgIpc) is 2.78. The zero-order chi connectivity index (χ0) is 15.6. The molecule has 0 bridgehead atoms. The number of hydrogen-bond donors (Lipinski definition) is 1. The van der Waals surface area contributed by atoms with E-state index in [1.54, 1.807) is 26.0 Å². The second-order valence-electron chi connectivity index (χ2n) is 5.19. The topological polar surface area (TPSA) is 72.2 Å². The number of aryl methyl sites for hydroxylation is 2. The number of nitrogens with one attached hydrogen (secondary N) is 1. The van der Waals surface area contributed by atoms with Crippen LogP contribution in [-0.2, 0) is 10.0 Å². The van der Waals surface area contributed by atoms with Crippen molar-refractivity contribution in [1.29, 1.82) is 0 Å². The van der Waals surface area contributed by atoms with Gasteiger partial charge in [0, 0.05) is 5.69 Å². The molecule has 6 heteroatoms. The van der Waals surface area contributed by atoms with Gasteiger partial charge in [-0.15, -0.1) is 0 Å². The fourth-order valence-corrected chi connectivity index (χ4v) is 3.57. The summed E-state index contributed by atoms with van der Waals surface area (Å²) in [6, 6.07) is 7.44. The highest BCUT2D eigenvalue weighted by atomic mass is 32.2. The lowest BCUT2D eigenvalue weighted by Gasteiger charge is -2.11. The van der Waals surface area contributed by atoms with Crippen LogP contribution in [0, 0.1) is 13.8 Å². The quantitative estimate of drug-likeness (QED) is 0.916. The largest absolute Gasteiger partial charge is 0.360 e. The van der Waals surface area contributed by atoms with Crippen molar-refractivity contribution in [3.8, 4) is 0 Å². The lowest BCUT2D eigenvalue weighted by molar-refractivity contribution is 0.390. The van der Waals surface area contributed by atoms with Crippen LogP contribution in [0.3, 0.4) is 0 Å². The first kappa shape index (κ1) is 15.6. The van der Waals surface area contributed by atoms with E-state index < -0.39 is 10.0 Å². The maximum absolute atomic E-state index is 12.4. The van der Waals surface area contributed by atoms with Crippen LogP contribution in [0.15, 0.2) is 33.7 Å². The number of sulfonamides is 1. The van der Waals surface area contributed by atoms with Gasteiger partial charge >= 0.3 is 0 Å². The van der Waals surface area contributed by atoms with Crippen LogP contribution in [0.25, 0.3) is 0 Å². The fourth-order valence-electron chi connectivity index (χ4n) is 2.18. The van der Waals surface area contributed by atoms with Gasteiger partial charge in [-0.1, -0.05) is 31.1 Å². The molecular formula is C15H20N2O3S. The van der Waals surface area contributed by atoms with E-state index in [1.165, 1.54) is 5.56 Å². The lowest BCUT2D eigenvalue weighted by atomic mass is 9.99. The molecule has 5 nitrogen and oxygen atoms in total. The molecular weight excluding hydrogens is 288 g/mol. The highest BCUT2D eigenvalue weighted by molar-refractivity contribution is 7.92. The van der Waals surface area contributed by atoms with Crippen molar-refractivity contribution in [1.82, 2.24) is 5.16 Å². The van der Waals surface area contributed by atoms with Gasteiger partial charge in [-0.05, 0) is 43.9 Å². The molecule has 0 saturated heterocycles. The molecule has 0 fully saturated rings. The standard InChI is InChI=1S/C15H20N2O3S/c1-5-10(2)13-6-8-14(9-7-13)17-21(18,19)15-11(3)16-20-12(15)4/h6-10,17H,5H2,1-4H3/t10-/m0/s1. The molecule has 0 aliphatic rings. The summed E-state index contributed by atoms with van der Waals surface area (Å²) in [6.07, 6.45) is 1.05. The Hall–Kier alpha value is -1.82. The summed E-state index contributed by atoms with van der Waals surface area (Å²) in [5, 5.41) is 3.68. The third-order valence-electron chi connectivity index (χ3n) is 3.58. The van der Waals surface area contributed by atoms with Gasteiger partial charge in [-0.25, -0.2) is 8.42 Å². The first-order valence-corrected chi connectivity index (χ1v) is 8.39. The van der Waals surface area contributed by atoms with Gasteiger partial charge in [-0.3, -0.25) is 4.72 Å². The molecule has 0 unspecified atom stereocenters. The van der Waals surface area contributed by atoms with Crippen molar-refractivity contribution in [3.05, 3.63) is 41.3 Å². The Morgan fingerprint density at radius 2 is 1.86 bits per heavy atom. The first-order chi connectivity index (χ1) is 9.85. The minimum Gasteiger partial charge on any atom is -0.360 e. The van der Waals surface area contributed by atoms with Crippen LogP contribution < -0.4 is 4.72 Å². The van der Waals surface area contributed by atoms with Crippen molar-refractivity contribution >= 4 is 15.7 Å². The van der Waals surface area contributed by atoms with Crippen molar-refractivity contribution in [2.24, 2.45) is 0 Å². The minimum absolute atomic E-state index is 0.105. The summed E-state index contributed by atoms with van der Waals surface area (Å²) in [5.74, 6) is 0.745. The predicted molar refractivity (Wildman–Crippen MR) is 81.9 cm³/mol. The molecule has 1 aromatic heterocycles. The van der Waals surface area contributed by atoms with Gasteiger partial charge < -0.3 is 4.52 Å². The van der Waals surface area contributed by atoms with Gasteiger partial charge in [0.05, 0.1) is 0 Å². The van der Waals surface area contributed by atoms with Crippen molar-refractivity contribution in [2.75, 3.05) is 4.72 Å². The van der Waals surface area contributed by atoms with E-state index >= 15 is 0 Å². The van der Waals surface area contributed by atoms with Crippen molar-refractivity contribution in [3.63, 3.8) is 0 Å². The molecule has 2 rings (SSSR count). The number of anilines is 1. The van der Waals surface area contributed by atoms with Gasteiger partial charge in [0.2, 0.25) is 0 Å². The zero-order valence-corrected chi connectivity index (χ0v) is 13.5. The normalized spacial score (nSPS) is 13.1. The van der Waals surface area contributed by atoms with Gasteiger partial charge in [-0.2, -0.15) is 0 Å². The number of aromatic nitrogens is 1. The van der Waals surface area contributed by atoms with E-state index in [2.05, 4.69) is 23.7 Å². The molecule has 0 amide bonds. The second-order valence-corrected chi connectivity index (χ2v) is 6.81. The monoisotopic (exact) mass is 308 g/mol. The van der Waals surface area contributed by atoms with Crippen LogP contribution in [0.4, 0.5) is 5.69 Å². The number of nitrogens with zero attached hydrogens (tertiary/aromatic N) is 1. The molecule has 2 aromatic rings. The maximum atomic E-state index is 12.4. The third-order valence-corrected chi connectivity index (χ3v) is 5.21. The zero-order valence-electron chi connectivity index (χ0n) is 12.7. The van der Waals surface area contributed by atoms with Crippen LogP contribution in [-0.4, -0.2) is 13.6 Å². The van der Waals surface area contributed by atoms with Crippen molar-refractivity contribution in [2.45, 2.75) is 44.9 Å². The van der Waals surface area contributed by atoms with Gasteiger partial charge in [0.1, 0.15) is 5.69 Å². The molecule has 0 radical (unpaired) electrons. The third kappa shape index (κ3) is 3.26. The van der Waals surface area contributed by atoms with E-state index in [-0.39, 0.29) is 10.7 Å². The van der Waals surface area contributed by atoms with Crippen LogP contribution in [0.2, 0.25) is 0 Å². The van der Waals surface area contributed by atoms with E-state index in [4.69, 9.17) is 4.52 Å². The number of hydrogen-bond acceptors (Lipinski definition) is 4. The van der Waals surface area contributed by atoms with Crippen LogP contribution in [0.5, 0.6) is 0 Å². The Morgan fingerprint density at radius 1 is 1.24 bits per heavy atom. The highest BCUT2D eigenvalue weighted by Crippen LogP contribution is 2.24. The molecule has 0 saturated carbocycles. The summed E-state index contributed by atoms with van der Waals surface area (Å²) in [4.78, 5) is 0.105. The summed E-state index contributed by atoms with van der Waals surface area (Å²) in [6.45, 7) is 7.46. The van der Waals surface area contributed by atoms with E-state index in [1.807, 2.05) is 12.1 Å². The average molecular weight is 308 g/mol. The van der Waals surface area contributed by atoms with Crippen molar-refractivity contribution < 1.29 is 12.9 Å². The summed E-state index contributed by atoms with van der Waals surface area (Å²) in [7, 11) is -3.68. The molecule has 114 valence electrons. The lowest BCUT2D eigenvalue weighted by Crippen LogP contribution is -2.14. The smallest absolute Gasteiger partial charge is 0.267 e. The summed E-state index contributed by atoms with van der Waals surface area (Å²) >= 11 is 0. The predicted octanol–water partition coefficient (Wildman–Crippen LogP) is 3.61. The van der Waals surface area contributed by atoms with Gasteiger partial charge in [0.15, 0.2) is 10.7 Å². The molecule has 0 aliphatic carbocycles. The minimum atomic E-state index is -3.68. The van der Waals surface area contributed by atoms with Crippen LogP contribution >= 0.6 is 0 Å². The fraction of sp³-hybridized carbons (Fsp3) is 0.400. The Kier molecular flexibility index (Phi) is 4.37. The van der Waals surface area contributed by atoms with Crippen LogP contribution in [0.1, 0.15) is 43.2 Å². The maximum Gasteiger partial charge on any atom is 0.267 e.